The molecule has 0 bridgehead atoms. The lowest BCUT2D eigenvalue weighted by Crippen LogP contribution is -2.41. The van der Waals surface area contributed by atoms with E-state index >= 15 is 0 Å². The molecule has 21 heavy (non-hydrogen) atoms. The Bertz CT molecular complexity index is 650. The van der Waals surface area contributed by atoms with Crippen LogP contribution in [0.3, 0.4) is 0 Å². The second-order valence-electron chi connectivity index (χ2n) is 4.96. The lowest BCUT2D eigenvalue weighted by atomic mass is 10.1. The Hall–Kier alpha value is -2.14. The van der Waals surface area contributed by atoms with Gasteiger partial charge in [-0.1, -0.05) is 12.1 Å². The summed E-state index contributed by atoms with van der Waals surface area (Å²) in [5.74, 6) is -0.462. The van der Waals surface area contributed by atoms with Gasteiger partial charge in [-0.05, 0) is 55.5 Å². The van der Waals surface area contributed by atoms with Crippen LogP contribution >= 0.6 is 11.3 Å². The van der Waals surface area contributed by atoms with Crippen LogP contribution in [0.4, 0.5) is 5.69 Å². The molecular formula is C16H18N2O2S. The highest BCUT2D eigenvalue weighted by atomic mass is 32.1. The quantitative estimate of drug-likeness (QED) is 0.911. The molecule has 2 N–H and O–H groups in total. The third-order valence-corrected chi connectivity index (χ3v) is 4.13. The van der Waals surface area contributed by atoms with E-state index in [9.17, 15) is 9.59 Å². The minimum absolute atomic E-state index is 0.229. The fourth-order valence-electron chi connectivity index (χ4n) is 1.81. The van der Waals surface area contributed by atoms with Crippen LogP contribution in [-0.4, -0.2) is 17.9 Å². The summed E-state index contributed by atoms with van der Waals surface area (Å²) >= 11 is 1.35. The van der Waals surface area contributed by atoms with Crippen LogP contribution in [0.1, 0.15) is 27.7 Å². The van der Waals surface area contributed by atoms with E-state index in [0.717, 1.165) is 11.3 Å². The van der Waals surface area contributed by atoms with E-state index in [1.54, 1.807) is 19.1 Å². The number of amides is 2. The van der Waals surface area contributed by atoms with Gasteiger partial charge in [0, 0.05) is 5.69 Å². The van der Waals surface area contributed by atoms with Crippen LogP contribution in [0.15, 0.2) is 35.7 Å². The number of aryl methyl sites for hydroxylation is 2. The van der Waals surface area contributed by atoms with Crippen molar-refractivity contribution in [3.05, 3.63) is 51.7 Å². The van der Waals surface area contributed by atoms with Crippen LogP contribution in [0.5, 0.6) is 0 Å². The Morgan fingerprint density at radius 3 is 2.52 bits per heavy atom. The molecule has 1 aromatic heterocycles. The number of anilines is 1. The average Bonchev–Trinajstić information content (AvgIpc) is 2.97. The molecule has 0 aliphatic heterocycles. The summed E-state index contributed by atoms with van der Waals surface area (Å²) in [5.41, 5.74) is 3.02. The van der Waals surface area contributed by atoms with Crippen LogP contribution in [0, 0.1) is 13.8 Å². The molecule has 0 fully saturated rings. The molecule has 0 saturated carbocycles. The molecule has 110 valence electrons. The third kappa shape index (κ3) is 3.92. The molecule has 2 rings (SSSR count). The second kappa shape index (κ2) is 6.54. The predicted octanol–water partition coefficient (Wildman–Crippen LogP) is 3.12. The topological polar surface area (TPSA) is 58.2 Å². The van der Waals surface area contributed by atoms with Gasteiger partial charge >= 0.3 is 0 Å². The summed E-state index contributed by atoms with van der Waals surface area (Å²) in [6.45, 7) is 5.68. The van der Waals surface area contributed by atoms with Crippen molar-refractivity contribution in [3.8, 4) is 0 Å². The molecule has 0 aliphatic carbocycles. The molecule has 1 aromatic carbocycles. The molecule has 0 aliphatic rings. The molecule has 1 atom stereocenters. The second-order valence-corrected chi connectivity index (χ2v) is 5.91. The average molecular weight is 302 g/mol. The monoisotopic (exact) mass is 302 g/mol. The van der Waals surface area contributed by atoms with Gasteiger partial charge in [-0.3, -0.25) is 9.59 Å². The van der Waals surface area contributed by atoms with Crippen LogP contribution < -0.4 is 10.6 Å². The normalized spacial score (nSPS) is 11.8. The lowest BCUT2D eigenvalue weighted by molar-refractivity contribution is -0.117. The van der Waals surface area contributed by atoms with Crippen molar-refractivity contribution in [2.75, 3.05) is 5.32 Å². The van der Waals surface area contributed by atoms with E-state index < -0.39 is 6.04 Å². The zero-order valence-electron chi connectivity index (χ0n) is 12.3. The molecule has 1 unspecified atom stereocenters. The molecule has 5 heteroatoms. The van der Waals surface area contributed by atoms with Crippen molar-refractivity contribution in [3.63, 3.8) is 0 Å². The van der Waals surface area contributed by atoms with Gasteiger partial charge in [0.05, 0.1) is 4.88 Å². The number of hydrogen-bond acceptors (Lipinski definition) is 3. The largest absolute Gasteiger partial charge is 0.340 e. The summed E-state index contributed by atoms with van der Waals surface area (Å²) in [4.78, 5) is 24.6. The first kappa shape index (κ1) is 15.3. The molecule has 0 radical (unpaired) electrons. The Labute approximate surface area is 128 Å². The third-order valence-electron chi connectivity index (χ3n) is 3.26. The maximum Gasteiger partial charge on any atom is 0.261 e. The summed E-state index contributed by atoms with van der Waals surface area (Å²) < 4.78 is 0. The number of benzene rings is 1. The van der Waals surface area contributed by atoms with Crippen molar-refractivity contribution >= 4 is 28.8 Å². The molecule has 0 saturated heterocycles. The molecule has 0 spiro atoms. The minimum atomic E-state index is -0.596. The van der Waals surface area contributed by atoms with Gasteiger partial charge in [-0.2, -0.15) is 0 Å². The SMILES string of the molecule is Cc1ccc(NC(=O)C(C)NC(=O)c2cccs2)cc1C. The van der Waals surface area contributed by atoms with Crippen LogP contribution in [-0.2, 0) is 4.79 Å². The summed E-state index contributed by atoms with van der Waals surface area (Å²) in [5, 5.41) is 7.33. The Kier molecular flexibility index (Phi) is 4.75. The molecule has 4 nitrogen and oxygen atoms in total. The van der Waals surface area contributed by atoms with Gasteiger partial charge in [0.2, 0.25) is 5.91 Å². The Morgan fingerprint density at radius 1 is 1.14 bits per heavy atom. The number of nitrogens with one attached hydrogen (secondary N) is 2. The Balaban J connectivity index is 1.96. The van der Waals surface area contributed by atoms with Crippen molar-refractivity contribution in [1.29, 1.82) is 0 Å². The maximum absolute atomic E-state index is 12.1. The fourth-order valence-corrected chi connectivity index (χ4v) is 2.44. The van der Waals surface area contributed by atoms with E-state index in [1.807, 2.05) is 37.4 Å². The first-order valence-electron chi connectivity index (χ1n) is 6.70. The highest BCUT2D eigenvalue weighted by molar-refractivity contribution is 7.12. The first-order valence-corrected chi connectivity index (χ1v) is 7.58. The van der Waals surface area contributed by atoms with Gasteiger partial charge in [-0.25, -0.2) is 0 Å². The van der Waals surface area contributed by atoms with E-state index in [0.29, 0.717) is 4.88 Å². The van der Waals surface area contributed by atoms with Crippen LogP contribution in [0.2, 0.25) is 0 Å². The smallest absolute Gasteiger partial charge is 0.261 e. The van der Waals surface area contributed by atoms with Gasteiger partial charge in [0.15, 0.2) is 0 Å². The first-order chi connectivity index (χ1) is 9.97. The minimum Gasteiger partial charge on any atom is -0.340 e. The summed E-state index contributed by atoms with van der Waals surface area (Å²) in [6, 6.07) is 8.67. The number of carbonyl (C=O) groups excluding carboxylic acids is 2. The number of rotatable bonds is 4. The van der Waals surface area contributed by atoms with Crippen molar-refractivity contribution in [2.24, 2.45) is 0 Å². The molecule has 2 aromatic rings. The van der Waals surface area contributed by atoms with E-state index in [2.05, 4.69) is 10.6 Å². The maximum atomic E-state index is 12.1. The lowest BCUT2D eigenvalue weighted by Gasteiger charge is -2.14. The zero-order chi connectivity index (χ0) is 15.4. The van der Waals surface area contributed by atoms with Gasteiger partial charge < -0.3 is 10.6 Å². The highest BCUT2D eigenvalue weighted by Gasteiger charge is 2.17. The summed E-state index contributed by atoms with van der Waals surface area (Å²) in [7, 11) is 0. The fraction of sp³-hybridized carbons (Fsp3) is 0.250. The van der Waals surface area contributed by atoms with Crippen LogP contribution in [0.25, 0.3) is 0 Å². The van der Waals surface area contributed by atoms with Gasteiger partial charge in [-0.15, -0.1) is 11.3 Å². The standard InChI is InChI=1S/C16H18N2O2S/c1-10-6-7-13(9-11(10)2)18-15(19)12(3)17-16(20)14-5-4-8-21-14/h4-9,12H,1-3H3,(H,17,20)(H,18,19). The van der Waals surface area contributed by atoms with Gasteiger partial charge in [0.1, 0.15) is 6.04 Å². The number of thiophene rings is 1. The number of carbonyl (C=O) groups is 2. The molecule has 2 amide bonds. The Morgan fingerprint density at radius 2 is 1.90 bits per heavy atom. The van der Waals surface area contributed by atoms with Crippen molar-refractivity contribution in [2.45, 2.75) is 26.8 Å². The van der Waals surface area contributed by atoms with E-state index in [-0.39, 0.29) is 11.8 Å². The molecule has 1 heterocycles. The zero-order valence-corrected chi connectivity index (χ0v) is 13.1. The summed E-state index contributed by atoms with van der Waals surface area (Å²) in [6.07, 6.45) is 0. The highest BCUT2D eigenvalue weighted by Crippen LogP contribution is 2.14. The van der Waals surface area contributed by atoms with E-state index in [1.165, 1.54) is 16.9 Å². The van der Waals surface area contributed by atoms with Gasteiger partial charge in [0.25, 0.3) is 5.91 Å². The predicted molar refractivity (Wildman–Crippen MR) is 85.8 cm³/mol. The molecular weight excluding hydrogens is 284 g/mol. The van der Waals surface area contributed by atoms with Crippen molar-refractivity contribution in [1.82, 2.24) is 5.32 Å². The van der Waals surface area contributed by atoms with Crippen molar-refractivity contribution < 1.29 is 9.59 Å². The van der Waals surface area contributed by atoms with E-state index in [4.69, 9.17) is 0 Å². The number of hydrogen-bond donors (Lipinski definition) is 2.